The molecular weight excluding hydrogens is 633 g/mol. The quantitative estimate of drug-likeness (QED) is 0.134. The van der Waals surface area contributed by atoms with E-state index in [0.29, 0.717) is 17.3 Å². The van der Waals surface area contributed by atoms with E-state index in [2.05, 4.69) is 33.0 Å². The molecule has 46 heavy (non-hydrogen) atoms. The fraction of sp³-hybridized carbons (Fsp3) is 0.171. The van der Waals surface area contributed by atoms with Gasteiger partial charge in [-0.15, -0.1) is 21.5 Å². The predicted molar refractivity (Wildman–Crippen MR) is 187 cm³/mol. The average molecular weight is 665 g/mol. The second-order valence-corrected chi connectivity index (χ2v) is 14.2. The highest BCUT2D eigenvalue weighted by atomic mass is 32.2. The Bertz CT molecular complexity index is 1890. The number of rotatable bonds is 12. The summed E-state index contributed by atoms with van der Waals surface area (Å²) >= 11 is 4.28. The summed E-state index contributed by atoms with van der Waals surface area (Å²) in [6, 6.07) is 35.5. The van der Waals surface area contributed by atoms with Crippen molar-refractivity contribution < 1.29 is 9.59 Å². The standard InChI is InChI=1S/C35H32N6O2S3/c1-23(45-34-40-39-30(41(34)2)20-24-12-6-3-7-13-24)33(43)36-27-18-19-28-29(21-27)46-35(37-28)44-22-31(42)38-32(25-14-8-4-9-15-25)26-16-10-5-11-17-26/h3-19,21,23,32H,20,22H2,1-2H3,(H,36,43)(H,38,42)/t23-/m1/s1. The summed E-state index contributed by atoms with van der Waals surface area (Å²) < 4.78 is 3.67. The number of aromatic nitrogens is 4. The van der Waals surface area contributed by atoms with Crippen molar-refractivity contribution in [1.29, 1.82) is 0 Å². The van der Waals surface area contributed by atoms with E-state index in [1.165, 1.54) is 34.9 Å². The van der Waals surface area contributed by atoms with Crippen LogP contribution in [0.2, 0.25) is 0 Å². The Kier molecular flexibility index (Phi) is 10.1. The Morgan fingerprint density at radius 3 is 2.20 bits per heavy atom. The lowest BCUT2D eigenvalue weighted by Gasteiger charge is -2.19. The molecule has 2 amide bonds. The van der Waals surface area contributed by atoms with Crippen LogP contribution < -0.4 is 10.6 Å². The highest BCUT2D eigenvalue weighted by Gasteiger charge is 2.20. The van der Waals surface area contributed by atoms with Gasteiger partial charge in [-0.3, -0.25) is 9.59 Å². The van der Waals surface area contributed by atoms with Gasteiger partial charge in [-0.2, -0.15) is 0 Å². The van der Waals surface area contributed by atoms with Crippen molar-refractivity contribution in [2.45, 2.75) is 34.1 Å². The molecule has 2 N–H and O–H groups in total. The minimum Gasteiger partial charge on any atom is -0.344 e. The molecule has 6 rings (SSSR count). The van der Waals surface area contributed by atoms with Crippen LogP contribution in [0.5, 0.6) is 0 Å². The number of fused-ring (bicyclic) bond motifs is 1. The molecule has 0 aliphatic heterocycles. The first-order valence-electron chi connectivity index (χ1n) is 14.8. The van der Waals surface area contributed by atoms with Crippen LogP contribution in [0.25, 0.3) is 10.2 Å². The zero-order chi connectivity index (χ0) is 31.9. The minimum absolute atomic E-state index is 0.0727. The van der Waals surface area contributed by atoms with Crippen LogP contribution in [0.4, 0.5) is 5.69 Å². The van der Waals surface area contributed by atoms with Gasteiger partial charge in [0.25, 0.3) is 0 Å². The Labute approximate surface area is 280 Å². The molecule has 4 aromatic carbocycles. The Balaban J connectivity index is 1.04. The molecule has 2 aromatic heterocycles. The predicted octanol–water partition coefficient (Wildman–Crippen LogP) is 7.13. The summed E-state index contributed by atoms with van der Waals surface area (Å²) in [6.45, 7) is 1.86. The zero-order valence-electron chi connectivity index (χ0n) is 25.3. The van der Waals surface area contributed by atoms with Gasteiger partial charge in [-0.25, -0.2) is 4.98 Å². The molecule has 232 valence electrons. The van der Waals surface area contributed by atoms with Crippen molar-refractivity contribution >= 4 is 62.6 Å². The number of thiazole rings is 1. The second-order valence-electron chi connectivity index (χ2n) is 10.6. The molecule has 0 aliphatic rings. The molecular formula is C35H32N6O2S3. The number of hydrogen-bond donors (Lipinski definition) is 2. The molecule has 0 saturated carbocycles. The summed E-state index contributed by atoms with van der Waals surface area (Å²) in [6.07, 6.45) is 0.674. The maximum absolute atomic E-state index is 13.1. The van der Waals surface area contributed by atoms with E-state index in [4.69, 9.17) is 4.98 Å². The van der Waals surface area contributed by atoms with Crippen LogP contribution in [-0.2, 0) is 23.1 Å². The van der Waals surface area contributed by atoms with Gasteiger partial charge in [-0.1, -0.05) is 115 Å². The number of nitrogens with zero attached hydrogens (tertiary/aromatic N) is 4. The minimum atomic E-state index is -0.384. The topological polar surface area (TPSA) is 102 Å². The molecule has 0 saturated heterocycles. The smallest absolute Gasteiger partial charge is 0.237 e. The molecule has 1 atom stereocenters. The normalized spacial score (nSPS) is 11.9. The maximum Gasteiger partial charge on any atom is 0.237 e. The lowest BCUT2D eigenvalue weighted by atomic mass is 9.99. The summed E-state index contributed by atoms with van der Waals surface area (Å²) in [5.41, 5.74) is 4.73. The summed E-state index contributed by atoms with van der Waals surface area (Å²) in [5.74, 6) is 0.884. The fourth-order valence-corrected chi connectivity index (χ4v) is 7.61. The number of carbonyl (C=O) groups excluding carboxylic acids is 2. The fourth-order valence-electron chi connectivity index (χ4n) is 4.86. The van der Waals surface area contributed by atoms with Gasteiger partial charge in [0.1, 0.15) is 5.82 Å². The number of anilines is 1. The number of amides is 2. The van der Waals surface area contributed by atoms with E-state index in [9.17, 15) is 9.59 Å². The van der Waals surface area contributed by atoms with Crippen LogP contribution in [0.1, 0.15) is 35.5 Å². The van der Waals surface area contributed by atoms with Crippen LogP contribution in [0.3, 0.4) is 0 Å². The van der Waals surface area contributed by atoms with Crippen molar-refractivity contribution in [3.63, 3.8) is 0 Å². The van der Waals surface area contributed by atoms with E-state index in [0.717, 1.165) is 37.1 Å². The Morgan fingerprint density at radius 2 is 1.52 bits per heavy atom. The first-order valence-corrected chi connectivity index (χ1v) is 17.4. The van der Waals surface area contributed by atoms with Crippen LogP contribution in [0, 0.1) is 0 Å². The monoisotopic (exact) mass is 664 g/mol. The first-order chi connectivity index (χ1) is 22.4. The third kappa shape index (κ3) is 7.85. The molecule has 2 heterocycles. The molecule has 0 radical (unpaired) electrons. The SMILES string of the molecule is C[C@@H](Sc1nnc(Cc2ccccc2)n1C)C(=O)Nc1ccc2nc(SCC(=O)NC(c3ccccc3)c3ccccc3)sc2c1. The first kappa shape index (κ1) is 31.5. The zero-order valence-corrected chi connectivity index (χ0v) is 27.7. The van der Waals surface area contributed by atoms with Gasteiger partial charge >= 0.3 is 0 Å². The number of nitrogens with one attached hydrogen (secondary N) is 2. The molecule has 8 nitrogen and oxygen atoms in total. The van der Waals surface area contributed by atoms with Gasteiger partial charge in [0.15, 0.2) is 9.50 Å². The lowest BCUT2D eigenvalue weighted by Crippen LogP contribution is -2.30. The summed E-state index contributed by atoms with van der Waals surface area (Å²) in [7, 11) is 1.92. The van der Waals surface area contributed by atoms with Crippen LogP contribution >= 0.6 is 34.9 Å². The van der Waals surface area contributed by atoms with E-state index in [-0.39, 0.29) is 28.9 Å². The van der Waals surface area contributed by atoms with Gasteiger partial charge in [0, 0.05) is 19.2 Å². The molecule has 0 unspecified atom stereocenters. The van der Waals surface area contributed by atoms with Gasteiger partial charge in [0.2, 0.25) is 11.8 Å². The summed E-state index contributed by atoms with van der Waals surface area (Å²) in [5, 5.41) is 15.2. The van der Waals surface area contributed by atoms with E-state index in [1.54, 1.807) is 0 Å². The molecule has 11 heteroatoms. The number of hydrogen-bond acceptors (Lipinski definition) is 8. The van der Waals surface area contributed by atoms with Crippen LogP contribution in [-0.4, -0.2) is 42.6 Å². The highest BCUT2D eigenvalue weighted by molar-refractivity contribution is 8.01. The van der Waals surface area contributed by atoms with Crippen molar-refractivity contribution in [2.75, 3.05) is 11.1 Å². The maximum atomic E-state index is 13.1. The third-order valence-corrected chi connectivity index (χ3v) is 10.6. The second kappa shape index (κ2) is 14.8. The van der Waals surface area contributed by atoms with Gasteiger partial charge < -0.3 is 15.2 Å². The largest absolute Gasteiger partial charge is 0.344 e. The average Bonchev–Trinajstić information content (AvgIpc) is 3.65. The number of thioether (sulfide) groups is 2. The molecule has 0 spiro atoms. The van der Waals surface area contributed by atoms with Gasteiger partial charge in [0.05, 0.1) is 27.3 Å². The number of carbonyl (C=O) groups is 2. The molecule has 6 aromatic rings. The number of benzene rings is 4. The third-order valence-electron chi connectivity index (χ3n) is 7.32. The van der Waals surface area contributed by atoms with Crippen LogP contribution in [0.15, 0.2) is 119 Å². The van der Waals surface area contributed by atoms with Crippen molar-refractivity contribution in [2.24, 2.45) is 7.05 Å². The van der Waals surface area contributed by atoms with E-state index >= 15 is 0 Å². The van der Waals surface area contributed by atoms with Crippen molar-refractivity contribution in [3.8, 4) is 0 Å². The van der Waals surface area contributed by atoms with E-state index < -0.39 is 0 Å². The Morgan fingerprint density at radius 1 is 0.870 bits per heavy atom. The lowest BCUT2D eigenvalue weighted by molar-refractivity contribution is -0.119. The Hall–Kier alpha value is -4.45. The highest BCUT2D eigenvalue weighted by Crippen LogP contribution is 2.32. The van der Waals surface area contributed by atoms with Crippen molar-refractivity contribution in [3.05, 3.63) is 132 Å². The van der Waals surface area contributed by atoms with Gasteiger partial charge in [-0.05, 0) is 41.8 Å². The van der Waals surface area contributed by atoms with E-state index in [1.807, 2.05) is 116 Å². The summed E-state index contributed by atoms with van der Waals surface area (Å²) in [4.78, 5) is 30.8. The molecule has 0 bridgehead atoms. The molecule has 0 fully saturated rings. The molecule has 0 aliphatic carbocycles. The van der Waals surface area contributed by atoms with Crippen molar-refractivity contribution in [1.82, 2.24) is 25.1 Å².